The monoisotopic (exact) mass is 186 g/mol. The topological polar surface area (TPSA) is 49.5 Å². The highest BCUT2D eigenvalue weighted by atomic mass is 16.3. The van der Waals surface area contributed by atoms with E-state index in [4.69, 9.17) is 5.73 Å². The summed E-state index contributed by atoms with van der Waals surface area (Å²) in [5, 5.41) is 9.67. The third kappa shape index (κ3) is 4.60. The largest absolute Gasteiger partial charge is 0.389 e. The average Bonchev–Trinajstić information content (AvgIpc) is 2.85. The molecule has 0 aromatic heterocycles. The van der Waals surface area contributed by atoms with Crippen LogP contribution in [0.4, 0.5) is 0 Å². The molecule has 13 heavy (non-hydrogen) atoms. The molecule has 78 valence electrons. The van der Waals surface area contributed by atoms with Gasteiger partial charge in [0.2, 0.25) is 0 Å². The normalized spacial score (nSPS) is 21.9. The Kier molecular flexibility index (Phi) is 3.71. The van der Waals surface area contributed by atoms with Crippen molar-refractivity contribution in [1.82, 2.24) is 4.90 Å². The predicted octanol–water partition coefficient (Wildman–Crippen LogP) is 0.428. The molecule has 0 radical (unpaired) electrons. The van der Waals surface area contributed by atoms with Gasteiger partial charge in [-0.2, -0.15) is 0 Å². The zero-order valence-corrected chi connectivity index (χ0v) is 8.79. The lowest BCUT2D eigenvalue weighted by Crippen LogP contribution is -2.38. The average molecular weight is 186 g/mol. The maximum absolute atomic E-state index is 9.67. The molecule has 1 rings (SSSR count). The molecule has 3 nitrogen and oxygen atoms in total. The first-order chi connectivity index (χ1) is 6.03. The maximum atomic E-state index is 9.67. The minimum atomic E-state index is -0.683. The smallest absolute Gasteiger partial charge is 0.0753 e. The van der Waals surface area contributed by atoms with Crippen LogP contribution in [0.15, 0.2) is 0 Å². The molecule has 0 amide bonds. The number of nitrogens with zero attached hydrogens (tertiary/aromatic N) is 1. The Hall–Kier alpha value is -0.120. The highest BCUT2D eigenvalue weighted by molar-refractivity contribution is 4.78. The molecule has 0 aromatic carbocycles. The summed E-state index contributed by atoms with van der Waals surface area (Å²) in [5.74, 6) is 0.924. The fourth-order valence-electron chi connectivity index (χ4n) is 1.37. The van der Waals surface area contributed by atoms with Gasteiger partial charge in [0.05, 0.1) is 5.60 Å². The van der Waals surface area contributed by atoms with E-state index in [2.05, 4.69) is 11.9 Å². The second kappa shape index (κ2) is 4.40. The summed E-state index contributed by atoms with van der Waals surface area (Å²) in [5.41, 5.74) is 4.75. The zero-order chi connectivity index (χ0) is 9.90. The van der Waals surface area contributed by atoms with E-state index in [0.29, 0.717) is 6.54 Å². The van der Waals surface area contributed by atoms with Gasteiger partial charge in [-0.15, -0.1) is 0 Å². The second-order valence-corrected chi connectivity index (χ2v) is 4.66. The van der Waals surface area contributed by atoms with Crippen LogP contribution >= 0.6 is 0 Å². The van der Waals surface area contributed by atoms with Gasteiger partial charge in [-0.25, -0.2) is 0 Å². The van der Waals surface area contributed by atoms with Crippen LogP contribution in [0.2, 0.25) is 0 Å². The molecule has 0 aliphatic heterocycles. The lowest BCUT2D eigenvalue weighted by molar-refractivity contribution is 0.0500. The van der Waals surface area contributed by atoms with Gasteiger partial charge in [0.15, 0.2) is 0 Å². The molecule has 1 aliphatic rings. The van der Waals surface area contributed by atoms with Crippen LogP contribution in [0.25, 0.3) is 0 Å². The van der Waals surface area contributed by atoms with Crippen LogP contribution < -0.4 is 5.73 Å². The van der Waals surface area contributed by atoms with Crippen LogP contribution in [0.1, 0.15) is 26.2 Å². The Morgan fingerprint density at radius 3 is 2.62 bits per heavy atom. The van der Waals surface area contributed by atoms with E-state index in [9.17, 15) is 5.11 Å². The summed E-state index contributed by atoms with van der Waals surface area (Å²) in [6.45, 7) is 4.28. The van der Waals surface area contributed by atoms with E-state index in [1.165, 1.54) is 19.4 Å². The van der Waals surface area contributed by atoms with Crippen molar-refractivity contribution < 1.29 is 5.11 Å². The summed E-state index contributed by atoms with van der Waals surface area (Å²) in [6, 6.07) is 0. The minimum absolute atomic E-state index is 0.351. The highest BCUT2D eigenvalue weighted by Crippen LogP contribution is 2.29. The molecule has 3 N–H and O–H groups in total. The van der Waals surface area contributed by atoms with Crippen molar-refractivity contribution in [2.45, 2.75) is 31.8 Å². The Balaban J connectivity index is 2.09. The van der Waals surface area contributed by atoms with Gasteiger partial charge in [0, 0.05) is 19.6 Å². The first-order valence-electron chi connectivity index (χ1n) is 5.14. The van der Waals surface area contributed by atoms with E-state index < -0.39 is 5.60 Å². The van der Waals surface area contributed by atoms with Gasteiger partial charge < -0.3 is 15.7 Å². The van der Waals surface area contributed by atoms with Crippen LogP contribution in [0, 0.1) is 5.92 Å². The van der Waals surface area contributed by atoms with Crippen LogP contribution in [-0.2, 0) is 0 Å². The van der Waals surface area contributed by atoms with Crippen LogP contribution in [0.5, 0.6) is 0 Å². The summed E-state index contributed by atoms with van der Waals surface area (Å²) in [6.07, 6.45) is 3.54. The molecule has 1 saturated carbocycles. The standard InChI is InChI=1S/C10H22N2O/c1-10(13,8-11)5-6-12(2)7-9-3-4-9/h9,13H,3-8,11H2,1-2H3. The Bertz CT molecular complexity index is 155. The first kappa shape index (κ1) is 11.0. The van der Waals surface area contributed by atoms with Crippen molar-refractivity contribution in [3.8, 4) is 0 Å². The van der Waals surface area contributed by atoms with E-state index in [1.54, 1.807) is 6.92 Å². The molecule has 0 heterocycles. The molecule has 0 saturated heterocycles. The SMILES string of the molecule is CN(CCC(C)(O)CN)CC1CC1. The Labute approximate surface area is 80.9 Å². The number of hydrogen-bond acceptors (Lipinski definition) is 3. The molecule has 0 spiro atoms. The first-order valence-corrected chi connectivity index (χ1v) is 5.14. The molecule has 1 fully saturated rings. The van der Waals surface area contributed by atoms with E-state index in [0.717, 1.165) is 18.9 Å². The summed E-state index contributed by atoms with van der Waals surface area (Å²) in [4.78, 5) is 2.29. The number of aliphatic hydroxyl groups is 1. The fourth-order valence-corrected chi connectivity index (χ4v) is 1.37. The second-order valence-electron chi connectivity index (χ2n) is 4.66. The Morgan fingerprint density at radius 1 is 1.54 bits per heavy atom. The molecule has 1 aliphatic carbocycles. The van der Waals surface area contributed by atoms with E-state index in [1.807, 2.05) is 0 Å². The molecule has 1 unspecified atom stereocenters. The summed E-state index contributed by atoms with van der Waals surface area (Å²) >= 11 is 0. The summed E-state index contributed by atoms with van der Waals surface area (Å²) in [7, 11) is 2.12. The summed E-state index contributed by atoms with van der Waals surface area (Å²) < 4.78 is 0. The molecule has 0 aromatic rings. The van der Waals surface area contributed by atoms with Gasteiger partial charge in [0.1, 0.15) is 0 Å². The number of hydrogen-bond donors (Lipinski definition) is 2. The zero-order valence-electron chi connectivity index (χ0n) is 8.79. The molecular formula is C10H22N2O. The third-order valence-electron chi connectivity index (χ3n) is 2.74. The van der Waals surface area contributed by atoms with Crippen molar-refractivity contribution in [1.29, 1.82) is 0 Å². The number of nitrogens with two attached hydrogens (primary N) is 1. The van der Waals surface area contributed by atoms with Crippen molar-refractivity contribution in [3.63, 3.8) is 0 Å². The van der Waals surface area contributed by atoms with Crippen molar-refractivity contribution >= 4 is 0 Å². The van der Waals surface area contributed by atoms with Gasteiger partial charge >= 0.3 is 0 Å². The highest BCUT2D eigenvalue weighted by Gasteiger charge is 2.24. The predicted molar refractivity (Wildman–Crippen MR) is 54.5 cm³/mol. The van der Waals surface area contributed by atoms with Gasteiger partial charge in [0.25, 0.3) is 0 Å². The van der Waals surface area contributed by atoms with Crippen molar-refractivity contribution in [2.24, 2.45) is 11.7 Å². The van der Waals surface area contributed by atoms with Crippen LogP contribution in [-0.4, -0.2) is 42.3 Å². The lowest BCUT2D eigenvalue weighted by atomic mass is 10.0. The fraction of sp³-hybridized carbons (Fsp3) is 1.00. The van der Waals surface area contributed by atoms with Gasteiger partial charge in [-0.3, -0.25) is 0 Å². The Morgan fingerprint density at radius 2 is 2.15 bits per heavy atom. The quantitative estimate of drug-likeness (QED) is 0.632. The molecule has 1 atom stereocenters. The molecular weight excluding hydrogens is 164 g/mol. The van der Waals surface area contributed by atoms with Gasteiger partial charge in [-0.05, 0) is 39.2 Å². The maximum Gasteiger partial charge on any atom is 0.0753 e. The van der Waals surface area contributed by atoms with Crippen molar-refractivity contribution in [3.05, 3.63) is 0 Å². The van der Waals surface area contributed by atoms with Crippen LogP contribution in [0.3, 0.4) is 0 Å². The van der Waals surface area contributed by atoms with Gasteiger partial charge in [-0.1, -0.05) is 0 Å². The van der Waals surface area contributed by atoms with E-state index >= 15 is 0 Å². The molecule has 3 heteroatoms. The molecule has 0 bridgehead atoms. The van der Waals surface area contributed by atoms with E-state index in [-0.39, 0.29) is 0 Å². The third-order valence-corrected chi connectivity index (χ3v) is 2.74. The number of rotatable bonds is 6. The minimum Gasteiger partial charge on any atom is -0.389 e. The lowest BCUT2D eigenvalue weighted by Gasteiger charge is -2.24. The van der Waals surface area contributed by atoms with Crippen molar-refractivity contribution in [2.75, 3.05) is 26.7 Å².